The molecule has 5 rings (SSSR count). The van der Waals surface area contributed by atoms with Gasteiger partial charge in [0.05, 0.1) is 17.5 Å². The second kappa shape index (κ2) is 14.2. The van der Waals surface area contributed by atoms with Gasteiger partial charge in [0, 0.05) is 29.4 Å². The third kappa shape index (κ3) is 8.28. The molecule has 0 radical (unpaired) electrons. The summed E-state index contributed by atoms with van der Waals surface area (Å²) in [6.07, 6.45) is 2.10. The van der Waals surface area contributed by atoms with E-state index in [-0.39, 0.29) is 16.6 Å². The lowest BCUT2D eigenvalue weighted by atomic mass is 9.82. The van der Waals surface area contributed by atoms with Crippen molar-refractivity contribution >= 4 is 33.5 Å². The van der Waals surface area contributed by atoms with Gasteiger partial charge in [0.1, 0.15) is 11.4 Å². The first-order chi connectivity index (χ1) is 22.2. The van der Waals surface area contributed by atoms with E-state index in [1.54, 1.807) is 20.8 Å². The number of allylic oxidation sites excluding steroid dienone is 2. The van der Waals surface area contributed by atoms with Crippen molar-refractivity contribution in [1.29, 1.82) is 0 Å². The molecule has 0 saturated carbocycles. The lowest BCUT2D eigenvalue weighted by Gasteiger charge is -2.36. The maximum atomic E-state index is 13.9. The summed E-state index contributed by atoms with van der Waals surface area (Å²) in [5.74, 6) is 1.03. The predicted molar refractivity (Wildman–Crippen MR) is 184 cm³/mol. The Morgan fingerprint density at radius 3 is 2.34 bits per heavy atom. The number of amides is 1. The van der Waals surface area contributed by atoms with E-state index in [0.29, 0.717) is 56.1 Å². The maximum absolute atomic E-state index is 13.9. The quantitative estimate of drug-likeness (QED) is 0.215. The molecule has 47 heavy (non-hydrogen) atoms. The van der Waals surface area contributed by atoms with Crippen molar-refractivity contribution in [3.8, 4) is 0 Å². The molecule has 0 spiro atoms. The van der Waals surface area contributed by atoms with Crippen LogP contribution < -0.4 is 0 Å². The topological polar surface area (TPSA) is 90.0 Å². The SMILES string of the molecule is CC(C)COC1=C(Cc2ccccc2)C(=O)C(Cc2cccc3c2CCC(N(C(=O)OC(C)(C)C)S(=O)(=O)c2ccc(Cl)cc2)C3)C1. The number of ketones is 1. The zero-order valence-electron chi connectivity index (χ0n) is 27.8. The molecular weight excluding hydrogens is 634 g/mol. The largest absolute Gasteiger partial charge is 0.497 e. The summed E-state index contributed by atoms with van der Waals surface area (Å²) in [4.78, 5) is 27.4. The Labute approximate surface area is 284 Å². The second-order valence-electron chi connectivity index (χ2n) is 13.9. The highest BCUT2D eigenvalue weighted by Gasteiger charge is 2.41. The van der Waals surface area contributed by atoms with E-state index in [9.17, 15) is 18.0 Å². The lowest BCUT2D eigenvalue weighted by Crippen LogP contribution is -2.49. The smallest absolute Gasteiger partial charge is 0.424 e. The van der Waals surface area contributed by atoms with Crippen molar-refractivity contribution in [2.45, 2.75) is 89.7 Å². The number of nitrogens with zero attached hydrogens (tertiary/aromatic N) is 1. The molecule has 0 heterocycles. The Morgan fingerprint density at radius 2 is 1.68 bits per heavy atom. The molecule has 7 nitrogen and oxygen atoms in total. The summed E-state index contributed by atoms with van der Waals surface area (Å²) < 4.78 is 40.6. The van der Waals surface area contributed by atoms with Crippen LogP contribution in [-0.4, -0.2) is 42.8 Å². The highest BCUT2D eigenvalue weighted by Crippen LogP contribution is 2.37. The average Bonchev–Trinajstić information content (AvgIpc) is 3.29. The number of rotatable bonds is 10. The molecule has 0 aromatic heterocycles. The molecule has 0 fully saturated rings. The molecule has 1 amide bonds. The first-order valence-electron chi connectivity index (χ1n) is 16.3. The second-order valence-corrected chi connectivity index (χ2v) is 16.2. The number of halogens is 1. The van der Waals surface area contributed by atoms with Crippen LogP contribution in [0.15, 0.2) is 89.0 Å². The van der Waals surface area contributed by atoms with Crippen molar-refractivity contribution in [3.63, 3.8) is 0 Å². The Bertz CT molecular complexity index is 1740. The Balaban J connectivity index is 1.39. The first-order valence-corrected chi connectivity index (χ1v) is 18.1. The number of hydrogen-bond acceptors (Lipinski definition) is 6. The van der Waals surface area contributed by atoms with Crippen LogP contribution in [0.4, 0.5) is 4.79 Å². The standard InChI is InChI=1S/C38H44ClNO6S/c1-25(2)24-45-35-23-29(36(41)34(35)20-26-10-7-6-8-11-26)21-27-12-9-13-28-22-31(16-19-33(27)28)40(37(42)46-38(3,4)5)47(43,44)32-17-14-30(39)15-18-32/h6-15,17-18,25,29,31H,16,19-24H2,1-5H3. The molecule has 2 unspecified atom stereocenters. The van der Waals surface area contributed by atoms with Crippen LogP contribution >= 0.6 is 11.6 Å². The normalized spacial score (nSPS) is 18.3. The number of fused-ring (bicyclic) bond motifs is 1. The molecule has 3 aromatic carbocycles. The van der Waals surface area contributed by atoms with Gasteiger partial charge in [-0.1, -0.05) is 74.0 Å². The molecule has 2 atom stereocenters. The van der Waals surface area contributed by atoms with Gasteiger partial charge < -0.3 is 9.47 Å². The number of sulfonamides is 1. The van der Waals surface area contributed by atoms with Crippen molar-refractivity contribution in [3.05, 3.63) is 111 Å². The molecule has 2 aliphatic carbocycles. The van der Waals surface area contributed by atoms with E-state index in [0.717, 1.165) is 37.9 Å². The van der Waals surface area contributed by atoms with Gasteiger partial charge in [0.2, 0.25) is 0 Å². The molecule has 0 saturated heterocycles. The van der Waals surface area contributed by atoms with Crippen LogP contribution in [-0.2, 0) is 50.0 Å². The maximum Gasteiger partial charge on any atom is 0.424 e. The van der Waals surface area contributed by atoms with E-state index in [4.69, 9.17) is 21.1 Å². The van der Waals surface area contributed by atoms with Crippen LogP contribution in [0.3, 0.4) is 0 Å². The molecule has 0 aliphatic heterocycles. The minimum Gasteiger partial charge on any atom is -0.497 e. The zero-order chi connectivity index (χ0) is 33.9. The average molecular weight is 678 g/mol. The van der Waals surface area contributed by atoms with Crippen molar-refractivity contribution in [1.82, 2.24) is 4.31 Å². The monoisotopic (exact) mass is 677 g/mol. The molecule has 9 heteroatoms. The molecule has 250 valence electrons. The summed E-state index contributed by atoms with van der Waals surface area (Å²) in [7, 11) is -4.24. The number of carbonyl (C=O) groups excluding carboxylic acids is 2. The molecule has 0 bridgehead atoms. The number of benzene rings is 3. The van der Waals surface area contributed by atoms with Gasteiger partial charge in [-0.2, -0.15) is 4.31 Å². The molecule has 2 aliphatic rings. The third-order valence-corrected chi connectivity index (χ3v) is 10.6. The number of Topliss-reactive ketones (excluding diaryl/α,β-unsaturated/α-hetero) is 1. The van der Waals surface area contributed by atoms with Crippen molar-refractivity contribution in [2.75, 3.05) is 6.61 Å². The van der Waals surface area contributed by atoms with Crippen LogP contribution in [0, 0.1) is 11.8 Å². The number of carbonyl (C=O) groups is 2. The minimum absolute atomic E-state index is 0.0265. The van der Waals surface area contributed by atoms with E-state index < -0.39 is 27.8 Å². The van der Waals surface area contributed by atoms with Crippen molar-refractivity contribution < 1.29 is 27.5 Å². The highest BCUT2D eigenvalue weighted by atomic mass is 35.5. The van der Waals surface area contributed by atoms with Gasteiger partial charge in [-0.25, -0.2) is 13.2 Å². The summed E-state index contributed by atoms with van der Waals surface area (Å²) in [6, 6.07) is 21.2. The summed E-state index contributed by atoms with van der Waals surface area (Å²) in [6.45, 7) is 9.89. The van der Waals surface area contributed by atoms with E-state index in [2.05, 4.69) is 19.9 Å². The fourth-order valence-corrected chi connectivity index (χ4v) is 8.02. The van der Waals surface area contributed by atoms with Crippen molar-refractivity contribution in [2.24, 2.45) is 11.8 Å². The van der Waals surface area contributed by atoms with Gasteiger partial charge >= 0.3 is 6.09 Å². The Hall–Kier alpha value is -3.62. The van der Waals surface area contributed by atoms with Crippen LogP contribution in [0.5, 0.6) is 0 Å². The van der Waals surface area contributed by atoms with Gasteiger partial charge in [0.15, 0.2) is 5.78 Å². The van der Waals surface area contributed by atoms with Gasteiger partial charge in [-0.3, -0.25) is 4.79 Å². The predicted octanol–water partition coefficient (Wildman–Crippen LogP) is 8.12. The highest BCUT2D eigenvalue weighted by molar-refractivity contribution is 7.89. The summed E-state index contributed by atoms with van der Waals surface area (Å²) >= 11 is 6.03. The first kappa shape index (κ1) is 34.7. The van der Waals surface area contributed by atoms with E-state index >= 15 is 0 Å². The summed E-state index contributed by atoms with van der Waals surface area (Å²) in [5, 5.41) is 0.397. The van der Waals surface area contributed by atoms with Crippen LogP contribution in [0.1, 0.15) is 69.7 Å². The van der Waals surface area contributed by atoms with Gasteiger partial charge in [-0.05, 0) is 98.9 Å². The lowest BCUT2D eigenvalue weighted by molar-refractivity contribution is -0.118. The Kier molecular flexibility index (Phi) is 10.5. The molecular formula is C38H44ClNO6S. The molecule has 0 N–H and O–H groups in total. The number of hydrogen-bond donors (Lipinski definition) is 0. The zero-order valence-corrected chi connectivity index (χ0v) is 29.4. The van der Waals surface area contributed by atoms with E-state index in [1.165, 1.54) is 24.3 Å². The number of ether oxygens (including phenoxy) is 2. The van der Waals surface area contributed by atoms with Gasteiger partial charge in [-0.15, -0.1) is 0 Å². The fourth-order valence-electron chi connectivity index (χ4n) is 6.38. The fraction of sp³-hybridized carbons (Fsp3) is 0.421. The van der Waals surface area contributed by atoms with Gasteiger partial charge in [0.25, 0.3) is 10.0 Å². The Morgan fingerprint density at radius 1 is 0.979 bits per heavy atom. The summed E-state index contributed by atoms with van der Waals surface area (Å²) in [5.41, 5.74) is 4.11. The minimum atomic E-state index is -4.24. The third-order valence-electron chi connectivity index (χ3n) is 8.55. The molecule has 3 aromatic rings. The van der Waals surface area contributed by atoms with Crippen LogP contribution in [0.25, 0.3) is 0 Å². The van der Waals surface area contributed by atoms with E-state index in [1.807, 2.05) is 42.5 Å². The van der Waals surface area contributed by atoms with Crippen LogP contribution in [0.2, 0.25) is 5.02 Å².